The number of aromatic hydroxyl groups is 1. The molecule has 1 amide bonds. The van der Waals surface area contributed by atoms with Gasteiger partial charge in [-0.3, -0.25) is 9.89 Å². The number of amides is 1. The third-order valence-electron chi connectivity index (χ3n) is 0.866. The lowest BCUT2D eigenvalue weighted by atomic mass is 10.4. The molecule has 4 N–H and O–H groups in total. The number of rotatable bonds is 1. The molecule has 1 rings (SSSR count). The van der Waals surface area contributed by atoms with Gasteiger partial charge in [0.15, 0.2) is 11.4 Å². The van der Waals surface area contributed by atoms with Gasteiger partial charge in [-0.2, -0.15) is 5.10 Å². The molecule has 0 fully saturated rings. The van der Waals surface area contributed by atoms with Crippen LogP contribution in [0, 0.1) is 0 Å². The first-order valence-electron chi connectivity index (χ1n) is 2.24. The highest BCUT2D eigenvalue weighted by molar-refractivity contribution is 5.93. The van der Waals surface area contributed by atoms with E-state index in [4.69, 9.17) is 10.8 Å². The number of hydrogen-bond acceptors (Lipinski definition) is 3. The van der Waals surface area contributed by atoms with E-state index in [1.165, 1.54) is 0 Å². The lowest BCUT2D eigenvalue weighted by Crippen LogP contribution is -2.11. The Morgan fingerprint density at radius 2 is 2.56 bits per heavy atom. The van der Waals surface area contributed by atoms with E-state index in [9.17, 15) is 4.79 Å². The van der Waals surface area contributed by atoms with Crippen molar-refractivity contribution >= 4 is 5.91 Å². The fraction of sp³-hybridized carbons (Fsp3) is 0. The molecule has 0 atom stereocenters. The molecule has 5 heteroatoms. The molecular formula is C4H5N3O2. The van der Waals surface area contributed by atoms with E-state index in [0.717, 1.165) is 6.20 Å². The molecule has 0 aliphatic rings. The maximum absolute atomic E-state index is 10.3. The van der Waals surface area contributed by atoms with Crippen LogP contribution in [0.2, 0.25) is 0 Å². The largest absolute Gasteiger partial charge is 0.504 e. The Morgan fingerprint density at radius 1 is 1.89 bits per heavy atom. The summed E-state index contributed by atoms with van der Waals surface area (Å²) in [7, 11) is 0. The Bertz CT molecular complexity index is 229. The first kappa shape index (κ1) is 5.61. The third kappa shape index (κ3) is 0.835. The molecule has 0 spiro atoms. The van der Waals surface area contributed by atoms with Gasteiger partial charge in [0.25, 0.3) is 5.91 Å². The number of H-pyrrole nitrogens is 1. The second-order valence-corrected chi connectivity index (χ2v) is 1.49. The molecule has 0 aliphatic heterocycles. The zero-order chi connectivity index (χ0) is 6.85. The van der Waals surface area contributed by atoms with Crippen LogP contribution < -0.4 is 5.73 Å². The number of primary amides is 1. The molecule has 0 saturated heterocycles. The number of carbonyl (C=O) groups is 1. The number of nitrogens with two attached hydrogens (primary N) is 1. The summed E-state index contributed by atoms with van der Waals surface area (Å²) in [5.74, 6) is -0.938. The molecule has 0 bridgehead atoms. The number of nitrogens with zero attached hydrogens (tertiary/aromatic N) is 1. The Kier molecular flexibility index (Phi) is 1.11. The van der Waals surface area contributed by atoms with Crippen LogP contribution in [0.5, 0.6) is 5.75 Å². The fourth-order valence-electron chi connectivity index (χ4n) is 0.461. The van der Waals surface area contributed by atoms with Crippen molar-refractivity contribution in [2.45, 2.75) is 0 Å². The van der Waals surface area contributed by atoms with Gasteiger partial charge >= 0.3 is 0 Å². The van der Waals surface area contributed by atoms with Gasteiger partial charge in [-0.05, 0) is 0 Å². The molecule has 1 aromatic heterocycles. The predicted molar refractivity (Wildman–Crippen MR) is 28.8 cm³/mol. The Balaban J connectivity index is 3.08. The summed E-state index contributed by atoms with van der Waals surface area (Å²) in [5.41, 5.74) is 4.73. The Morgan fingerprint density at radius 3 is 2.78 bits per heavy atom. The summed E-state index contributed by atoms with van der Waals surface area (Å²) in [6, 6.07) is 0. The second-order valence-electron chi connectivity index (χ2n) is 1.49. The van der Waals surface area contributed by atoms with Crippen molar-refractivity contribution in [3.8, 4) is 5.75 Å². The van der Waals surface area contributed by atoms with Crippen LogP contribution in [0.1, 0.15) is 10.5 Å². The van der Waals surface area contributed by atoms with Crippen LogP contribution in [0.25, 0.3) is 0 Å². The predicted octanol–water partition coefficient (Wildman–Crippen LogP) is -0.786. The number of nitrogens with one attached hydrogen (secondary N) is 1. The number of carbonyl (C=O) groups excluding carboxylic acids is 1. The summed E-state index contributed by atoms with van der Waals surface area (Å²) in [4.78, 5) is 10.3. The van der Waals surface area contributed by atoms with Crippen molar-refractivity contribution in [2.75, 3.05) is 0 Å². The molecule has 0 radical (unpaired) electrons. The fourth-order valence-corrected chi connectivity index (χ4v) is 0.461. The molecule has 1 aromatic rings. The highest BCUT2D eigenvalue weighted by atomic mass is 16.3. The van der Waals surface area contributed by atoms with E-state index >= 15 is 0 Å². The van der Waals surface area contributed by atoms with Crippen molar-refractivity contribution in [2.24, 2.45) is 5.73 Å². The third-order valence-corrected chi connectivity index (χ3v) is 0.866. The molecule has 1 heterocycles. The summed E-state index contributed by atoms with van der Waals surface area (Å²) in [5, 5.41) is 14.3. The number of hydrogen-bond donors (Lipinski definition) is 3. The molecule has 0 aromatic carbocycles. The van der Waals surface area contributed by atoms with Gasteiger partial charge in [-0.15, -0.1) is 0 Å². The molecule has 48 valence electrons. The van der Waals surface area contributed by atoms with Crippen LogP contribution in [-0.4, -0.2) is 21.2 Å². The highest BCUT2D eigenvalue weighted by Crippen LogP contribution is 2.09. The van der Waals surface area contributed by atoms with Crippen LogP contribution in [0.15, 0.2) is 6.20 Å². The topological polar surface area (TPSA) is 92.0 Å². The Hall–Kier alpha value is -1.52. The SMILES string of the molecule is NC(=O)c1[nH]ncc1O. The lowest BCUT2D eigenvalue weighted by molar-refractivity contribution is 0.0993. The van der Waals surface area contributed by atoms with Gasteiger partial charge in [0.05, 0.1) is 6.20 Å². The van der Waals surface area contributed by atoms with E-state index in [0.29, 0.717) is 0 Å². The minimum Gasteiger partial charge on any atom is -0.504 e. The van der Waals surface area contributed by atoms with E-state index in [2.05, 4.69) is 10.2 Å². The average molecular weight is 127 g/mol. The van der Waals surface area contributed by atoms with Gasteiger partial charge in [-0.1, -0.05) is 0 Å². The van der Waals surface area contributed by atoms with Crippen molar-refractivity contribution in [3.63, 3.8) is 0 Å². The van der Waals surface area contributed by atoms with Crippen LogP contribution in [0.4, 0.5) is 0 Å². The van der Waals surface area contributed by atoms with Gasteiger partial charge in [-0.25, -0.2) is 0 Å². The van der Waals surface area contributed by atoms with E-state index in [-0.39, 0.29) is 11.4 Å². The van der Waals surface area contributed by atoms with E-state index in [1.807, 2.05) is 0 Å². The van der Waals surface area contributed by atoms with Crippen LogP contribution >= 0.6 is 0 Å². The first-order chi connectivity index (χ1) is 4.22. The Labute approximate surface area is 50.5 Å². The molecule has 5 nitrogen and oxygen atoms in total. The van der Waals surface area contributed by atoms with Crippen LogP contribution in [-0.2, 0) is 0 Å². The maximum atomic E-state index is 10.3. The molecule has 0 aliphatic carbocycles. The monoisotopic (exact) mass is 127 g/mol. The lowest BCUT2D eigenvalue weighted by Gasteiger charge is -1.86. The van der Waals surface area contributed by atoms with Crippen molar-refractivity contribution in [1.82, 2.24) is 10.2 Å². The van der Waals surface area contributed by atoms with Crippen LogP contribution in [0.3, 0.4) is 0 Å². The van der Waals surface area contributed by atoms with E-state index < -0.39 is 5.91 Å². The summed E-state index contributed by atoms with van der Waals surface area (Å²) in [6.45, 7) is 0. The van der Waals surface area contributed by atoms with Gasteiger partial charge < -0.3 is 10.8 Å². The average Bonchev–Trinajstić information content (AvgIpc) is 2.13. The molecular weight excluding hydrogens is 122 g/mol. The first-order valence-corrected chi connectivity index (χ1v) is 2.24. The van der Waals surface area contributed by atoms with Gasteiger partial charge in [0.1, 0.15) is 0 Å². The molecule has 0 saturated carbocycles. The van der Waals surface area contributed by atoms with Crippen molar-refractivity contribution in [1.29, 1.82) is 0 Å². The zero-order valence-electron chi connectivity index (χ0n) is 4.46. The summed E-state index contributed by atoms with van der Waals surface area (Å²) >= 11 is 0. The minimum atomic E-state index is -0.718. The molecule has 0 unspecified atom stereocenters. The standard InChI is InChI=1S/C4H5N3O2/c5-4(9)3-2(8)1-6-7-3/h1,8H,(H2,5,9)(H,6,7). The summed E-state index contributed by atoms with van der Waals surface area (Å²) in [6.07, 6.45) is 1.11. The minimum absolute atomic E-state index is 0.0602. The van der Waals surface area contributed by atoms with Gasteiger partial charge in [0.2, 0.25) is 0 Å². The number of aromatic amines is 1. The smallest absolute Gasteiger partial charge is 0.270 e. The van der Waals surface area contributed by atoms with Crippen molar-refractivity contribution < 1.29 is 9.90 Å². The summed E-state index contributed by atoms with van der Waals surface area (Å²) < 4.78 is 0. The number of aromatic nitrogens is 2. The normalized spacial score (nSPS) is 9.33. The van der Waals surface area contributed by atoms with E-state index in [1.54, 1.807) is 0 Å². The maximum Gasteiger partial charge on any atom is 0.270 e. The highest BCUT2D eigenvalue weighted by Gasteiger charge is 2.07. The second kappa shape index (κ2) is 1.77. The van der Waals surface area contributed by atoms with Gasteiger partial charge in [0, 0.05) is 0 Å². The molecule has 9 heavy (non-hydrogen) atoms. The zero-order valence-corrected chi connectivity index (χ0v) is 4.46. The quantitative estimate of drug-likeness (QED) is 0.461. The van der Waals surface area contributed by atoms with Crippen molar-refractivity contribution in [3.05, 3.63) is 11.9 Å².